The van der Waals surface area contributed by atoms with Gasteiger partial charge in [-0.1, -0.05) is 6.07 Å². The van der Waals surface area contributed by atoms with Gasteiger partial charge in [0.15, 0.2) is 0 Å². The second-order valence-electron chi connectivity index (χ2n) is 4.26. The van der Waals surface area contributed by atoms with Gasteiger partial charge in [0.1, 0.15) is 6.42 Å². The number of aromatic nitrogens is 1. The first-order valence-electron chi connectivity index (χ1n) is 5.11. The van der Waals surface area contributed by atoms with Crippen molar-refractivity contribution in [3.05, 3.63) is 30.1 Å². The van der Waals surface area contributed by atoms with Crippen molar-refractivity contribution >= 4 is 5.91 Å². The SMILES string of the molecule is CC(C)(Cc1ccccn1)NC(=O)CC#N. The molecule has 1 N–H and O–H groups in total. The topological polar surface area (TPSA) is 65.8 Å². The van der Waals surface area contributed by atoms with Gasteiger partial charge in [0.25, 0.3) is 0 Å². The molecule has 84 valence electrons. The van der Waals surface area contributed by atoms with Crippen molar-refractivity contribution in [2.75, 3.05) is 0 Å². The zero-order valence-corrected chi connectivity index (χ0v) is 9.53. The normalized spacial score (nSPS) is 10.6. The molecule has 4 heteroatoms. The number of rotatable bonds is 4. The lowest BCUT2D eigenvalue weighted by Gasteiger charge is -2.25. The molecule has 0 aromatic carbocycles. The van der Waals surface area contributed by atoms with Crippen molar-refractivity contribution in [1.82, 2.24) is 10.3 Å². The molecule has 0 atom stereocenters. The van der Waals surface area contributed by atoms with E-state index in [9.17, 15) is 4.79 Å². The van der Waals surface area contributed by atoms with Gasteiger partial charge in [0.2, 0.25) is 5.91 Å². The van der Waals surface area contributed by atoms with E-state index in [4.69, 9.17) is 5.26 Å². The Morgan fingerprint density at radius 2 is 2.31 bits per heavy atom. The fraction of sp³-hybridized carbons (Fsp3) is 0.417. The molecule has 1 aromatic heterocycles. The largest absolute Gasteiger partial charge is 0.350 e. The van der Waals surface area contributed by atoms with Crippen molar-refractivity contribution in [1.29, 1.82) is 5.26 Å². The molecule has 4 nitrogen and oxygen atoms in total. The summed E-state index contributed by atoms with van der Waals surface area (Å²) in [6.07, 6.45) is 2.26. The predicted molar refractivity (Wildman–Crippen MR) is 60.4 cm³/mol. The number of hydrogen-bond acceptors (Lipinski definition) is 3. The van der Waals surface area contributed by atoms with Gasteiger partial charge in [-0.2, -0.15) is 5.26 Å². The molecule has 1 aromatic rings. The van der Waals surface area contributed by atoms with Crippen LogP contribution in [0.2, 0.25) is 0 Å². The lowest BCUT2D eigenvalue weighted by molar-refractivity contribution is -0.121. The Morgan fingerprint density at radius 1 is 1.56 bits per heavy atom. The van der Waals surface area contributed by atoms with Crippen LogP contribution in [-0.2, 0) is 11.2 Å². The monoisotopic (exact) mass is 217 g/mol. The van der Waals surface area contributed by atoms with Crippen LogP contribution >= 0.6 is 0 Å². The second kappa shape index (κ2) is 5.26. The van der Waals surface area contributed by atoms with Crippen LogP contribution < -0.4 is 5.32 Å². The summed E-state index contributed by atoms with van der Waals surface area (Å²) < 4.78 is 0. The van der Waals surface area contributed by atoms with E-state index in [0.717, 1.165) is 5.69 Å². The van der Waals surface area contributed by atoms with Gasteiger partial charge in [-0.3, -0.25) is 9.78 Å². The molecular weight excluding hydrogens is 202 g/mol. The smallest absolute Gasteiger partial charge is 0.234 e. The summed E-state index contributed by atoms with van der Waals surface area (Å²) in [6, 6.07) is 7.51. The van der Waals surface area contributed by atoms with Crippen LogP contribution in [-0.4, -0.2) is 16.4 Å². The van der Waals surface area contributed by atoms with Crippen LogP contribution in [0, 0.1) is 11.3 Å². The van der Waals surface area contributed by atoms with Gasteiger partial charge in [-0.15, -0.1) is 0 Å². The first-order chi connectivity index (χ1) is 7.53. The predicted octanol–water partition coefficient (Wildman–Crippen LogP) is 1.43. The molecule has 0 aliphatic rings. The number of pyridine rings is 1. The summed E-state index contributed by atoms with van der Waals surface area (Å²) in [5.74, 6) is -0.247. The molecule has 0 radical (unpaired) electrons. The molecular formula is C12H15N3O. The Hall–Kier alpha value is -1.89. The minimum Gasteiger partial charge on any atom is -0.350 e. The maximum Gasteiger partial charge on any atom is 0.234 e. The molecule has 0 aliphatic heterocycles. The summed E-state index contributed by atoms with van der Waals surface area (Å²) in [7, 11) is 0. The van der Waals surface area contributed by atoms with Crippen LogP contribution in [0.3, 0.4) is 0 Å². The van der Waals surface area contributed by atoms with Crippen LogP contribution in [0.1, 0.15) is 26.0 Å². The first-order valence-corrected chi connectivity index (χ1v) is 5.11. The number of nitrogens with zero attached hydrogens (tertiary/aromatic N) is 2. The number of amides is 1. The number of hydrogen-bond donors (Lipinski definition) is 1. The van der Waals surface area contributed by atoms with Gasteiger partial charge < -0.3 is 5.32 Å². The lowest BCUT2D eigenvalue weighted by atomic mass is 9.98. The fourth-order valence-corrected chi connectivity index (χ4v) is 1.49. The highest BCUT2D eigenvalue weighted by molar-refractivity contribution is 5.78. The second-order valence-corrected chi connectivity index (χ2v) is 4.26. The number of nitriles is 1. The summed E-state index contributed by atoms with van der Waals surface area (Å²) in [5.41, 5.74) is 0.534. The van der Waals surface area contributed by atoms with E-state index in [0.29, 0.717) is 6.42 Å². The number of carbonyl (C=O) groups is 1. The highest BCUT2D eigenvalue weighted by Crippen LogP contribution is 2.10. The molecule has 0 saturated heterocycles. The van der Waals surface area contributed by atoms with E-state index in [2.05, 4.69) is 10.3 Å². The summed E-state index contributed by atoms with van der Waals surface area (Å²) in [6.45, 7) is 3.83. The van der Waals surface area contributed by atoms with E-state index in [1.807, 2.05) is 38.1 Å². The average molecular weight is 217 g/mol. The number of nitrogens with one attached hydrogen (secondary N) is 1. The van der Waals surface area contributed by atoms with Gasteiger partial charge in [0.05, 0.1) is 6.07 Å². The van der Waals surface area contributed by atoms with Crippen molar-refractivity contribution < 1.29 is 4.79 Å². The minimum absolute atomic E-state index is 0.106. The van der Waals surface area contributed by atoms with E-state index in [-0.39, 0.29) is 17.9 Å². The molecule has 0 spiro atoms. The maximum absolute atomic E-state index is 11.3. The van der Waals surface area contributed by atoms with E-state index in [1.54, 1.807) is 6.20 Å². The maximum atomic E-state index is 11.3. The fourth-order valence-electron chi connectivity index (χ4n) is 1.49. The summed E-state index contributed by atoms with van der Waals surface area (Å²) in [5, 5.41) is 11.2. The molecule has 0 fully saturated rings. The molecule has 0 bridgehead atoms. The van der Waals surface area contributed by atoms with E-state index in [1.165, 1.54) is 0 Å². The Balaban J connectivity index is 2.59. The van der Waals surface area contributed by atoms with Crippen molar-refractivity contribution in [2.24, 2.45) is 0 Å². The van der Waals surface area contributed by atoms with Crippen LogP contribution in [0.15, 0.2) is 24.4 Å². The van der Waals surface area contributed by atoms with Crippen LogP contribution in [0.25, 0.3) is 0 Å². The summed E-state index contributed by atoms with van der Waals surface area (Å²) >= 11 is 0. The van der Waals surface area contributed by atoms with Gasteiger partial charge >= 0.3 is 0 Å². The highest BCUT2D eigenvalue weighted by Gasteiger charge is 2.21. The van der Waals surface area contributed by atoms with Crippen LogP contribution in [0.4, 0.5) is 0 Å². The Bertz CT molecular complexity index is 392. The number of carbonyl (C=O) groups excluding carboxylic acids is 1. The zero-order chi connectivity index (χ0) is 12.0. The third-order valence-electron chi connectivity index (χ3n) is 2.07. The third-order valence-corrected chi connectivity index (χ3v) is 2.07. The molecule has 1 heterocycles. The Morgan fingerprint density at radius 3 is 2.88 bits per heavy atom. The quantitative estimate of drug-likeness (QED) is 0.829. The highest BCUT2D eigenvalue weighted by atomic mass is 16.1. The van der Waals surface area contributed by atoms with Gasteiger partial charge in [0, 0.05) is 23.9 Å². The molecule has 1 amide bonds. The third kappa shape index (κ3) is 4.09. The van der Waals surface area contributed by atoms with E-state index < -0.39 is 0 Å². The van der Waals surface area contributed by atoms with Gasteiger partial charge in [-0.25, -0.2) is 0 Å². The van der Waals surface area contributed by atoms with Crippen molar-refractivity contribution in [2.45, 2.75) is 32.2 Å². The van der Waals surface area contributed by atoms with Crippen molar-refractivity contribution in [3.63, 3.8) is 0 Å². The van der Waals surface area contributed by atoms with Crippen LogP contribution in [0.5, 0.6) is 0 Å². The molecule has 0 saturated carbocycles. The molecule has 16 heavy (non-hydrogen) atoms. The lowest BCUT2D eigenvalue weighted by Crippen LogP contribution is -2.45. The zero-order valence-electron chi connectivity index (χ0n) is 9.53. The molecule has 0 unspecified atom stereocenters. The average Bonchev–Trinajstić information content (AvgIpc) is 2.17. The van der Waals surface area contributed by atoms with Crippen molar-refractivity contribution in [3.8, 4) is 6.07 Å². The molecule has 1 rings (SSSR count). The standard InChI is InChI=1S/C12H15N3O/c1-12(2,15-11(16)6-7-13)9-10-5-3-4-8-14-10/h3-5,8H,6,9H2,1-2H3,(H,15,16). The van der Waals surface area contributed by atoms with Gasteiger partial charge in [-0.05, 0) is 26.0 Å². The molecule has 0 aliphatic carbocycles. The first kappa shape index (κ1) is 12.2. The summed E-state index contributed by atoms with van der Waals surface area (Å²) in [4.78, 5) is 15.5. The Labute approximate surface area is 95.3 Å². The minimum atomic E-state index is -0.387. The van der Waals surface area contributed by atoms with E-state index >= 15 is 0 Å². The Kier molecular flexibility index (Phi) is 4.01.